The zero-order chi connectivity index (χ0) is 12.7. The van der Waals surface area contributed by atoms with Crippen molar-refractivity contribution in [2.75, 3.05) is 6.61 Å². The van der Waals surface area contributed by atoms with E-state index in [1.807, 2.05) is 0 Å². The van der Waals surface area contributed by atoms with Gasteiger partial charge in [0.2, 0.25) is 0 Å². The van der Waals surface area contributed by atoms with E-state index in [1.165, 1.54) is 19.3 Å². The van der Waals surface area contributed by atoms with Crippen molar-refractivity contribution in [3.8, 4) is 5.75 Å². The van der Waals surface area contributed by atoms with Crippen LogP contribution in [0.15, 0.2) is 18.2 Å². The number of halogens is 1. The molecule has 0 fully saturated rings. The van der Waals surface area contributed by atoms with Crippen LogP contribution >= 0.6 is 11.6 Å². The highest BCUT2D eigenvalue weighted by molar-refractivity contribution is 6.32. The highest BCUT2D eigenvalue weighted by Gasteiger charge is 2.04. The molecule has 0 radical (unpaired) electrons. The van der Waals surface area contributed by atoms with E-state index in [1.54, 1.807) is 18.2 Å². The summed E-state index contributed by atoms with van der Waals surface area (Å²) in [5, 5.41) is 7.80. The zero-order valence-corrected chi connectivity index (χ0v) is 10.9. The van der Waals surface area contributed by atoms with E-state index in [-0.39, 0.29) is 5.84 Å². The van der Waals surface area contributed by atoms with Crippen LogP contribution in [-0.4, -0.2) is 12.4 Å². The molecule has 3 nitrogen and oxygen atoms in total. The molecule has 4 heteroatoms. The van der Waals surface area contributed by atoms with Gasteiger partial charge in [0.1, 0.15) is 11.6 Å². The average Bonchev–Trinajstić information content (AvgIpc) is 2.30. The number of ether oxygens (including phenoxy) is 1. The molecule has 1 aromatic rings. The summed E-state index contributed by atoms with van der Waals surface area (Å²) in [6.45, 7) is 2.86. The largest absolute Gasteiger partial charge is 0.492 e. The minimum absolute atomic E-state index is 0.0152. The molecule has 0 atom stereocenters. The van der Waals surface area contributed by atoms with Crippen LogP contribution < -0.4 is 10.5 Å². The molecule has 94 valence electrons. The first-order valence-electron chi connectivity index (χ1n) is 5.92. The van der Waals surface area contributed by atoms with E-state index in [4.69, 9.17) is 27.5 Å². The normalized spacial score (nSPS) is 10.2. The second-order valence-electron chi connectivity index (χ2n) is 3.97. The van der Waals surface area contributed by atoms with Crippen LogP contribution in [-0.2, 0) is 0 Å². The molecule has 0 amide bonds. The predicted molar refractivity (Wildman–Crippen MR) is 72.1 cm³/mol. The van der Waals surface area contributed by atoms with E-state index in [2.05, 4.69) is 6.92 Å². The summed E-state index contributed by atoms with van der Waals surface area (Å²) in [4.78, 5) is 0. The second kappa shape index (κ2) is 7.17. The molecule has 0 bridgehead atoms. The van der Waals surface area contributed by atoms with Crippen LogP contribution in [0.2, 0.25) is 5.02 Å². The molecule has 1 rings (SSSR count). The fourth-order valence-corrected chi connectivity index (χ4v) is 1.73. The fourth-order valence-electron chi connectivity index (χ4n) is 1.50. The summed E-state index contributed by atoms with van der Waals surface area (Å²) in [7, 11) is 0. The monoisotopic (exact) mass is 254 g/mol. The van der Waals surface area contributed by atoms with E-state index in [9.17, 15) is 0 Å². The lowest BCUT2D eigenvalue weighted by Gasteiger charge is -2.09. The van der Waals surface area contributed by atoms with Crippen molar-refractivity contribution in [1.29, 1.82) is 5.41 Å². The number of hydrogen-bond donors (Lipinski definition) is 2. The molecule has 0 saturated carbocycles. The van der Waals surface area contributed by atoms with Crippen LogP contribution in [0, 0.1) is 5.41 Å². The lowest BCUT2D eigenvalue weighted by Crippen LogP contribution is -2.10. The Kier molecular flexibility index (Phi) is 5.84. The number of rotatable bonds is 7. The van der Waals surface area contributed by atoms with E-state index in [0.717, 1.165) is 6.42 Å². The third kappa shape index (κ3) is 4.65. The van der Waals surface area contributed by atoms with Crippen LogP contribution in [0.25, 0.3) is 0 Å². The minimum Gasteiger partial charge on any atom is -0.492 e. The van der Waals surface area contributed by atoms with E-state index < -0.39 is 0 Å². The number of nitrogens with one attached hydrogen (secondary N) is 1. The summed E-state index contributed by atoms with van der Waals surface area (Å²) >= 11 is 6.04. The summed E-state index contributed by atoms with van der Waals surface area (Å²) in [6, 6.07) is 5.17. The molecule has 0 aliphatic heterocycles. The Bertz CT molecular complexity index is 380. The van der Waals surface area contributed by atoms with Gasteiger partial charge in [0.25, 0.3) is 0 Å². The molecule has 0 spiro atoms. The van der Waals surface area contributed by atoms with Crippen molar-refractivity contribution in [2.45, 2.75) is 32.6 Å². The summed E-state index contributed by atoms with van der Waals surface area (Å²) < 4.78 is 5.57. The Morgan fingerprint density at radius 2 is 2.12 bits per heavy atom. The van der Waals surface area contributed by atoms with Crippen molar-refractivity contribution >= 4 is 17.4 Å². The third-order valence-electron chi connectivity index (χ3n) is 2.50. The Hall–Kier alpha value is -1.22. The lowest BCUT2D eigenvalue weighted by molar-refractivity contribution is 0.305. The van der Waals surface area contributed by atoms with Gasteiger partial charge in [-0.15, -0.1) is 0 Å². The number of hydrogen-bond acceptors (Lipinski definition) is 2. The fraction of sp³-hybridized carbons (Fsp3) is 0.462. The SMILES string of the molecule is CCCCCCOc1ccc(C(=N)N)cc1Cl. The van der Waals surface area contributed by atoms with Crippen molar-refractivity contribution < 1.29 is 4.74 Å². The summed E-state index contributed by atoms with van der Waals surface area (Å²) in [5.41, 5.74) is 5.99. The molecule has 0 unspecified atom stereocenters. The minimum atomic E-state index is 0.0152. The molecular formula is C13H19ClN2O. The van der Waals surface area contributed by atoms with E-state index >= 15 is 0 Å². The molecule has 1 aromatic carbocycles. The molecule has 0 aliphatic rings. The van der Waals surface area contributed by atoms with Gasteiger partial charge in [-0.25, -0.2) is 0 Å². The number of unbranched alkanes of at least 4 members (excludes halogenated alkanes) is 3. The maximum Gasteiger partial charge on any atom is 0.137 e. The van der Waals surface area contributed by atoms with Crippen LogP contribution in [0.1, 0.15) is 38.2 Å². The topological polar surface area (TPSA) is 59.1 Å². The average molecular weight is 255 g/mol. The standard InChI is InChI=1S/C13H19ClN2O/c1-2-3-4-5-8-17-12-7-6-10(13(15)16)9-11(12)14/h6-7,9H,2-5,8H2,1H3,(H3,15,16). The molecule has 0 heterocycles. The summed E-state index contributed by atoms with van der Waals surface area (Å²) in [5.74, 6) is 0.676. The van der Waals surface area contributed by atoms with Gasteiger partial charge >= 0.3 is 0 Å². The maximum absolute atomic E-state index is 7.29. The van der Waals surface area contributed by atoms with Crippen LogP contribution in [0.5, 0.6) is 5.75 Å². The highest BCUT2D eigenvalue weighted by Crippen LogP contribution is 2.25. The third-order valence-corrected chi connectivity index (χ3v) is 2.79. The van der Waals surface area contributed by atoms with Gasteiger partial charge in [0, 0.05) is 5.56 Å². The quantitative estimate of drug-likeness (QED) is 0.444. The number of amidine groups is 1. The van der Waals surface area contributed by atoms with Gasteiger partial charge in [-0.2, -0.15) is 0 Å². The molecule has 17 heavy (non-hydrogen) atoms. The zero-order valence-electron chi connectivity index (χ0n) is 10.1. The first kappa shape index (κ1) is 13.8. The van der Waals surface area contributed by atoms with Gasteiger partial charge in [0.15, 0.2) is 0 Å². The molecule has 0 saturated heterocycles. The first-order valence-corrected chi connectivity index (χ1v) is 6.29. The first-order chi connectivity index (χ1) is 8.15. The molecular weight excluding hydrogens is 236 g/mol. The van der Waals surface area contributed by atoms with Gasteiger partial charge in [-0.05, 0) is 24.6 Å². The van der Waals surface area contributed by atoms with Crippen molar-refractivity contribution in [3.05, 3.63) is 28.8 Å². The Labute approximate surface area is 107 Å². The van der Waals surface area contributed by atoms with E-state index in [0.29, 0.717) is 22.9 Å². The number of benzene rings is 1. The number of nitrogens with two attached hydrogens (primary N) is 1. The summed E-state index contributed by atoms with van der Waals surface area (Å²) in [6.07, 6.45) is 4.67. The highest BCUT2D eigenvalue weighted by atomic mass is 35.5. The van der Waals surface area contributed by atoms with Crippen LogP contribution in [0.3, 0.4) is 0 Å². The van der Waals surface area contributed by atoms with Crippen molar-refractivity contribution in [1.82, 2.24) is 0 Å². The predicted octanol–water partition coefficient (Wildman–Crippen LogP) is 3.58. The van der Waals surface area contributed by atoms with Gasteiger partial charge in [-0.1, -0.05) is 37.8 Å². The lowest BCUT2D eigenvalue weighted by atomic mass is 10.2. The second-order valence-corrected chi connectivity index (χ2v) is 4.38. The number of nitrogen functional groups attached to an aromatic ring is 1. The maximum atomic E-state index is 7.29. The Morgan fingerprint density at radius 1 is 1.35 bits per heavy atom. The van der Waals surface area contributed by atoms with Gasteiger partial charge in [0.05, 0.1) is 11.6 Å². The molecule has 3 N–H and O–H groups in total. The Balaban J connectivity index is 2.46. The molecule has 0 aliphatic carbocycles. The van der Waals surface area contributed by atoms with Crippen molar-refractivity contribution in [2.24, 2.45) is 5.73 Å². The van der Waals surface area contributed by atoms with Gasteiger partial charge < -0.3 is 10.5 Å². The Morgan fingerprint density at radius 3 is 2.71 bits per heavy atom. The van der Waals surface area contributed by atoms with Crippen LogP contribution in [0.4, 0.5) is 0 Å². The smallest absolute Gasteiger partial charge is 0.137 e. The van der Waals surface area contributed by atoms with Gasteiger partial charge in [-0.3, -0.25) is 5.41 Å². The van der Waals surface area contributed by atoms with Crippen molar-refractivity contribution in [3.63, 3.8) is 0 Å². The molecule has 0 aromatic heterocycles.